The molecule has 1 fully saturated rings. The second-order valence-corrected chi connectivity index (χ2v) is 5.30. The Labute approximate surface area is 138 Å². The molecule has 0 aromatic heterocycles. The topological polar surface area (TPSA) is 68.3 Å². The Kier molecular flexibility index (Phi) is 4.66. The van der Waals surface area contributed by atoms with E-state index in [9.17, 15) is 14.0 Å². The van der Waals surface area contributed by atoms with Gasteiger partial charge in [0.1, 0.15) is 5.75 Å². The molecular formula is C16H17FN2O5. The van der Waals surface area contributed by atoms with Gasteiger partial charge < -0.3 is 24.0 Å². The number of anilines is 1. The molecule has 7 nitrogen and oxygen atoms in total. The molecule has 1 saturated heterocycles. The standard InChI is InChI=1S/C16H17FN2O5/c1-2-3-19-12-9-13(11(17)8-14(12)23-10-15(19)20)24-16(21)18-4-6-22-7-5-18/h2,8-9H,1,3-7,10H2. The zero-order chi connectivity index (χ0) is 17.1. The molecule has 8 heteroatoms. The predicted molar refractivity (Wildman–Crippen MR) is 82.9 cm³/mol. The number of nitrogens with zero attached hydrogens (tertiary/aromatic N) is 2. The zero-order valence-electron chi connectivity index (χ0n) is 13.0. The summed E-state index contributed by atoms with van der Waals surface area (Å²) in [4.78, 5) is 26.9. The molecule has 2 aliphatic heterocycles. The Morgan fingerprint density at radius 3 is 2.83 bits per heavy atom. The van der Waals surface area contributed by atoms with E-state index >= 15 is 0 Å². The van der Waals surface area contributed by atoms with Gasteiger partial charge in [0, 0.05) is 31.8 Å². The van der Waals surface area contributed by atoms with E-state index in [0.717, 1.165) is 6.07 Å². The molecule has 0 saturated carbocycles. The van der Waals surface area contributed by atoms with Gasteiger partial charge in [-0.3, -0.25) is 4.79 Å². The second-order valence-electron chi connectivity index (χ2n) is 5.30. The van der Waals surface area contributed by atoms with Crippen LogP contribution in [0.25, 0.3) is 0 Å². The number of ether oxygens (including phenoxy) is 3. The molecule has 0 atom stereocenters. The van der Waals surface area contributed by atoms with Crippen molar-refractivity contribution < 1.29 is 28.2 Å². The summed E-state index contributed by atoms with van der Waals surface area (Å²) in [6.45, 7) is 5.27. The second kappa shape index (κ2) is 6.88. The van der Waals surface area contributed by atoms with Crippen LogP contribution in [0.4, 0.5) is 14.9 Å². The quantitative estimate of drug-likeness (QED) is 0.784. The van der Waals surface area contributed by atoms with E-state index in [1.807, 2.05) is 0 Å². The normalized spacial score (nSPS) is 17.1. The Balaban J connectivity index is 1.85. The summed E-state index contributed by atoms with van der Waals surface area (Å²) in [7, 11) is 0. The van der Waals surface area contributed by atoms with Crippen molar-refractivity contribution in [2.45, 2.75) is 0 Å². The molecule has 0 spiro atoms. The van der Waals surface area contributed by atoms with Crippen LogP contribution < -0.4 is 14.4 Å². The highest BCUT2D eigenvalue weighted by Gasteiger charge is 2.28. The summed E-state index contributed by atoms with van der Waals surface area (Å²) in [5.41, 5.74) is 0.345. The van der Waals surface area contributed by atoms with E-state index in [4.69, 9.17) is 14.2 Å². The highest BCUT2D eigenvalue weighted by molar-refractivity contribution is 5.98. The Bertz CT molecular complexity index is 673. The lowest BCUT2D eigenvalue weighted by Gasteiger charge is -2.29. The minimum absolute atomic E-state index is 0.173. The van der Waals surface area contributed by atoms with Gasteiger partial charge >= 0.3 is 6.09 Å². The van der Waals surface area contributed by atoms with E-state index in [1.165, 1.54) is 15.9 Å². The van der Waals surface area contributed by atoms with E-state index in [-0.39, 0.29) is 30.6 Å². The van der Waals surface area contributed by atoms with E-state index in [0.29, 0.717) is 32.0 Å². The summed E-state index contributed by atoms with van der Waals surface area (Å²) < 4.78 is 29.7. The number of carbonyl (C=O) groups is 2. The third-order valence-electron chi connectivity index (χ3n) is 3.73. The van der Waals surface area contributed by atoms with Gasteiger partial charge in [-0.2, -0.15) is 0 Å². The van der Waals surface area contributed by atoms with Gasteiger partial charge in [-0.25, -0.2) is 9.18 Å². The number of hydrogen-bond donors (Lipinski definition) is 0. The zero-order valence-corrected chi connectivity index (χ0v) is 13.0. The first-order valence-electron chi connectivity index (χ1n) is 7.52. The number of carbonyl (C=O) groups excluding carboxylic acids is 2. The number of hydrogen-bond acceptors (Lipinski definition) is 5. The fourth-order valence-corrected chi connectivity index (χ4v) is 2.51. The van der Waals surface area contributed by atoms with Crippen LogP contribution in [0.2, 0.25) is 0 Å². The lowest BCUT2D eigenvalue weighted by atomic mass is 10.2. The number of halogens is 1. The molecule has 0 unspecified atom stereocenters. The highest BCUT2D eigenvalue weighted by Crippen LogP contribution is 2.37. The molecule has 0 N–H and O–H groups in total. The van der Waals surface area contributed by atoms with Crippen molar-refractivity contribution in [3.63, 3.8) is 0 Å². The van der Waals surface area contributed by atoms with E-state index in [1.54, 1.807) is 6.08 Å². The van der Waals surface area contributed by atoms with Gasteiger partial charge in [-0.05, 0) is 0 Å². The van der Waals surface area contributed by atoms with Crippen LogP contribution in [0.3, 0.4) is 0 Å². The Morgan fingerprint density at radius 2 is 2.12 bits per heavy atom. The molecule has 0 radical (unpaired) electrons. The minimum Gasteiger partial charge on any atom is -0.481 e. The fraction of sp³-hybridized carbons (Fsp3) is 0.375. The first-order chi connectivity index (χ1) is 11.6. The number of amides is 2. The molecule has 1 aromatic carbocycles. The van der Waals surface area contributed by atoms with Gasteiger partial charge in [0.15, 0.2) is 18.2 Å². The molecule has 0 aliphatic carbocycles. The maximum absolute atomic E-state index is 14.2. The first kappa shape index (κ1) is 16.3. The third-order valence-corrected chi connectivity index (χ3v) is 3.73. The van der Waals surface area contributed by atoms with Crippen LogP contribution in [0, 0.1) is 5.82 Å². The summed E-state index contributed by atoms with van der Waals surface area (Å²) >= 11 is 0. The van der Waals surface area contributed by atoms with Crippen molar-refractivity contribution in [3.05, 3.63) is 30.6 Å². The lowest BCUT2D eigenvalue weighted by Crippen LogP contribution is -2.42. The van der Waals surface area contributed by atoms with Gasteiger partial charge in [0.25, 0.3) is 5.91 Å². The van der Waals surface area contributed by atoms with Crippen molar-refractivity contribution in [2.75, 3.05) is 44.4 Å². The maximum atomic E-state index is 14.2. The number of morpholine rings is 1. The maximum Gasteiger partial charge on any atom is 0.415 e. The number of rotatable bonds is 3. The average Bonchev–Trinajstić information content (AvgIpc) is 2.59. The van der Waals surface area contributed by atoms with Crippen LogP contribution in [-0.2, 0) is 9.53 Å². The minimum atomic E-state index is -0.733. The third kappa shape index (κ3) is 3.18. The summed E-state index contributed by atoms with van der Waals surface area (Å²) in [5, 5.41) is 0. The van der Waals surface area contributed by atoms with Crippen LogP contribution in [0.5, 0.6) is 11.5 Å². The van der Waals surface area contributed by atoms with E-state index < -0.39 is 11.9 Å². The summed E-state index contributed by atoms with van der Waals surface area (Å²) in [6.07, 6.45) is 0.894. The van der Waals surface area contributed by atoms with Crippen LogP contribution in [-0.4, -0.2) is 56.4 Å². The molecular weight excluding hydrogens is 319 g/mol. The van der Waals surface area contributed by atoms with Gasteiger partial charge in [0.2, 0.25) is 0 Å². The van der Waals surface area contributed by atoms with Crippen molar-refractivity contribution in [3.8, 4) is 11.5 Å². The molecule has 2 aliphatic rings. The largest absolute Gasteiger partial charge is 0.481 e. The van der Waals surface area contributed by atoms with Crippen LogP contribution >= 0.6 is 0 Å². The van der Waals surface area contributed by atoms with Gasteiger partial charge in [0.05, 0.1) is 18.9 Å². The van der Waals surface area contributed by atoms with Crippen molar-refractivity contribution >= 4 is 17.7 Å². The van der Waals surface area contributed by atoms with Crippen molar-refractivity contribution in [1.29, 1.82) is 0 Å². The molecule has 3 rings (SSSR count). The average molecular weight is 336 g/mol. The smallest absolute Gasteiger partial charge is 0.415 e. The van der Waals surface area contributed by atoms with Crippen molar-refractivity contribution in [2.24, 2.45) is 0 Å². The fourth-order valence-electron chi connectivity index (χ4n) is 2.51. The molecule has 1 aromatic rings. The monoisotopic (exact) mass is 336 g/mol. The molecule has 0 bridgehead atoms. The lowest BCUT2D eigenvalue weighted by molar-refractivity contribution is -0.121. The van der Waals surface area contributed by atoms with Gasteiger partial charge in [-0.1, -0.05) is 6.08 Å². The van der Waals surface area contributed by atoms with E-state index in [2.05, 4.69) is 6.58 Å². The highest BCUT2D eigenvalue weighted by atomic mass is 19.1. The number of benzene rings is 1. The molecule has 2 amide bonds. The van der Waals surface area contributed by atoms with Crippen molar-refractivity contribution in [1.82, 2.24) is 4.90 Å². The first-order valence-corrected chi connectivity index (χ1v) is 7.52. The molecule has 24 heavy (non-hydrogen) atoms. The summed E-state index contributed by atoms with van der Waals surface area (Å²) in [6, 6.07) is 2.41. The molecule has 128 valence electrons. The summed E-state index contributed by atoms with van der Waals surface area (Å²) in [5.74, 6) is -1.04. The SMILES string of the molecule is C=CCN1C(=O)COc2cc(F)c(OC(=O)N3CCOCC3)cc21. The van der Waals surface area contributed by atoms with Gasteiger partial charge in [-0.15, -0.1) is 6.58 Å². The predicted octanol–water partition coefficient (Wildman–Crippen LogP) is 1.57. The Morgan fingerprint density at radius 1 is 1.38 bits per heavy atom. The van der Waals surface area contributed by atoms with Crippen LogP contribution in [0.15, 0.2) is 24.8 Å². The van der Waals surface area contributed by atoms with Crippen LogP contribution in [0.1, 0.15) is 0 Å². The molecule has 2 heterocycles. The number of fused-ring (bicyclic) bond motifs is 1. The Hall–Kier alpha value is -2.61.